The van der Waals surface area contributed by atoms with Gasteiger partial charge in [0, 0.05) is 5.69 Å². The van der Waals surface area contributed by atoms with Crippen molar-refractivity contribution in [2.45, 2.75) is 13.8 Å². The van der Waals surface area contributed by atoms with Crippen molar-refractivity contribution in [3.63, 3.8) is 0 Å². The zero-order chi connectivity index (χ0) is 25.9. The number of carbonyl (C=O) groups is 2. The third-order valence-electron chi connectivity index (χ3n) is 4.96. The van der Waals surface area contributed by atoms with Gasteiger partial charge < -0.3 is 24.8 Å². The summed E-state index contributed by atoms with van der Waals surface area (Å²) in [6.45, 7) is 3.85. The van der Waals surface area contributed by atoms with Crippen LogP contribution in [0.25, 0.3) is 6.08 Å². The largest absolute Gasteiger partial charge is 0.495 e. The Balaban J connectivity index is 1.74. The molecule has 3 aromatic carbocycles. The van der Waals surface area contributed by atoms with E-state index in [1.807, 2.05) is 44.2 Å². The first-order chi connectivity index (χ1) is 17.4. The van der Waals surface area contributed by atoms with Crippen molar-refractivity contribution >= 4 is 29.3 Å². The Hall–Kier alpha value is -4.77. The SMILES string of the molecule is CCOc1cc(/C=C(\C#N)C(=O)Nc2cc(C)ccc2OC)ccc1OCC(=O)Nc1ccccc1. The van der Waals surface area contributed by atoms with Gasteiger partial charge in [0.15, 0.2) is 18.1 Å². The van der Waals surface area contributed by atoms with Crippen LogP contribution >= 0.6 is 0 Å². The number of ether oxygens (including phenoxy) is 3. The van der Waals surface area contributed by atoms with E-state index in [-0.39, 0.29) is 18.1 Å². The van der Waals surface area contributed by atoms with Crippen LogP contribution in [0.4, 0.5) is 11.4 Å². The molecule has 0 atom stereocenters. The molecular weight excluding hydrogens is 458 g/mol. The number of para-hydroxylation sites is 1. The van der Waals surface area contributed by atoms with Crippen LogP contribution in [0.15, 0.2) is 72.3 Å². The van der Waals surface area contributed by atoms with Gasteiger partial charge in [0.1, 0.15) is 17.4 Å². The smallest absolute Gasteiger partial charge is 0.266 e. The molecule has 0 aliphatic heterocycles. The molecule has 8 nitrogen and oxygen atoms in total. The number of methoxy groups -OCH3 is 1. The van der Waals surface area contributed by atoms with E-state index < -0.39 is 5.91 Å². The molecule has 0 saturated carbocycles. The lowest BCUT2D eigenvalue weighted by molar-refractivity contribution is -0.118. The van der Waals surface area contributed by atoms with E-state index in [4.69, 9.17) is 14.2 Å². The van der Waals surface area contributed by atoms with Crippen LogP contribution in [0.3, 0.4) is 0 Å². The Morgan fingerprint density at radius 1 is 0.944 bits per heavy atom. The van der Waals surface area contributed by atoms with Crippen LogP contribution in [0.5, 0.6) is 17.2 Å². The number of hydrogen-bond acceptors (Lipinski definition) is 6. The maximum Gasteiger partial charge on any atom is 0.266 e. The molecule has 2 N–H and O–H groups in total. The van der Waals surface area contributed by atoms with E-state index in [1.54, 1.807) is 42.5 Å². The minimum atomic E-state index is -0.572. The Morgan fingerprint density at radius 3 is 2.39 bits per heavy atom. The van der Waals surface area contributed by atoms with Crippen molar-refractivity contribution in [1.82, 2.24) is 0 Å². The monoisotopic (exact) mass is 485 g/mol. The van der Waals surface area contributed by atoms with E-state index in [9.17, 15) is 14.9 Å². The summed E-state index contributed by atoms with van der Waals surface area (Å²) in [6.07, 6.45) is 1.45. The van der Waals surface area contributed by atoms with Crippen molar-refractivity contribution in [2.75, 3.05) is 31.0 Å². The zero-order valence-electron chi connectivity index (χ0n) is 20.3. The van der Waals surface area contributed by atoms with Crippen LogP contribution in [0.2, 0.25) is 0 Å². The fourth-order valence-electron chi connectivity index (χ4n) is 3.29. The number of amides is 2. The summed E-state index contributed by atoms with van der Waals surface area (Å²) in [6, 6.07) is 21.3. The molecule has 2 amide bonds. The standard InChI is InChI=1S/C28H27N3O5/c1-4-35-26-16-20(11-13-25(26)36-18-27(32)30-22-8-6-5-7-9-22)15-21(17-29)28(33)31-23-14-19(2)10-12-24(23)34-3/h5-16H,4,18H2,1-3H3,(H,30,32)(H,31,33)/b21-15+. The molecule has 0 fully saturated rings. The lowest BCUT2D eigenvalue weighted by Gasteiger charge is -2.13. The summed E-state index contributed by atoms with van der Waals surface area (Å²) in [5.74, 6) is 0.351. The molecule has 0 bridgehead atoms. The molecular formula is C28H27N3O5. The number of aryl methyl sites for hydroxylation is 1. The third-order valence-corrected chi connectivity index (χ3v) is 4.96. The molecule has 184 valence electrons. The number of nitrogens with zero attached hydrogens (tertiary/aromatic N) is 1. The van der Waals surface area contributed by atoms with Gasteiger partial charge in [-0.2, -0.15) is 5.26 Å². The molecule has 0 aromatic heterocycles. The number of benzene rings is 3. The van der Waals surface area contributed by atoms with Crippen molar-refractivity contribution in [3.8, 4) is 23.3 Å². The predicted molar refractivity (Wildman–Crippen MR) is 138 cm³/mol. The molecule has 36 heavy (non-hydrogen) atoms. The second-order valence-electron chi connectivity index (χ2n) is 7.67. The van der Waals surface area contributed by atoms with Crippen molar-refractivity contribution in [3.05, 3.63) is 83.4 Å². The van der Waals surface area contributed by atoms with Crippen molar-refractivity contribution in [1.29, 1.82) is 5.26 Å². The average Bonchev–Trinajstić information content (AvgIpc) is 2.87. The first kappa shape index (κ1) is 25.8. The third kappa shape index (κ3) is 7.11. The van der Waals surface area contributed by atoms with Gasteiger partial charge in [0.2, 0.25) is 0 Å². The van der Waals surface area contributed by atoms with E-state index >= 15 is 0 Å². The van der Waals surface area contributed by atoms with Crippen LogP contribution < -0.4 is 24.8 Å². The number of carbonyl (C=O) groups excluding carboxylic acids is 2. The van der Waals surface area contributed by atoms with E-state index in [0.717, 1.165) is 5.56 Å². The summed E-state index contributed by atoms with van der Waals surface area (Å²) < 4.78 is 16.6. The second kappa shape index (κ2) is 12.6. The summed E-state index contributed by atoms with van der Waals surface area (Å²) >= 11 is 0. The van der Waals surface area contributed by atoms with Gasteiger partial charge in [-0.25, -0.2) is 0 Å². The van der Waals surface area contributed by atoms with Crippen LogP contribution in [-0.2, 0) is 9.59 Å². The van der Waals surface area contributed by atoms with E-state index in [1.165, 1.54) is 13.2 Å². The van der Waals surface area contributed by atoms with Gasteiger partial charge in [-0.05, 0) is 67.4 Å². The van der Waals surface area contributed by atoms with Gasteiger partial charge in [-0.1, -0.05) is 30.3 Å². The quantitative estimate of drug-likeness (QED) is 0.310. The Morgan fingerprint density at radius 2 is 1.69 bits per heavy atom. The van der Waals surface area contributed by atoms with Crippen LogP contribution in [-0.4, -0.2) is 32.1 Å². The molecule has 0 heterocycles. The van der Waals surface area contributed by atoms with E-state index in [0.29, 0.717) is 40.8 Å². The lowest BCUT2D eigenvalue weighted by Crippen LogP contribution is -2.20. The Bertz CT molecular complexity index is 1300. The average molecular weight is 486 g/mol. The van der Waals surface area contributed by atoms with Gasteiger partial charge in [-0.15, -0.1) is 0 Å². The lowest BCUT2D eigenvalue weighted by atomic mass is 10.1. The molecule has 8 heteroatoms. The molecule has 0 saturated heterocycles. The van der Waals surface area contributed by atoms with Gasteiger partial charge in [-0.3, -0.25) is 9.59 Å². The number of hydrogen-bond donors (Lipinski definition) is 2. The van der Waals surface area contributed by atoms with Crippen LogP contribution in [0.1, 0.15) is 18.1 Å². The van der Waals surface area contributed by atoms with E-state index in [2.05, 4.69) is 10.6 Å². The molecule has 0 aliphatic rings. The van der Waals surface area contributed by atoms with Gasteiger partial charge in [0.25, 0.3) is 11.8 Å². The summed E-state index contributed by atoms with van der Waals surface area (Å²) in [5, 5.41) is 15.1. The first-order valence-corrected chi connectivity index (χ1v) is 11.3. The highest BCUT2D eigenvalue weighted by atomic mass is 16.5. The normalized spacial score (nSPS) is 10.7. The van der Waals surface area contributed by atoms with Gasteiger partial charge >= 0.3 is 0 Å². The number of nitrogens with one attached hydrogen (secondary N) is 2. The van der Waals surface area contributed by atoms with Crippen LogP contribution in [0, 0.1) is 18.3 Å². The Labute approximate surface area is 210 Å². The summed E-state index contributed by atoms with van der Waals surface area (Å²) in [7, 11) is 1.51. The highest BCUT2D eigenvalue weighted by Crippen LogP contribution is 2.30. The molecule has 0 unspecified atom stereocenters. The molecule has 0 radical (unpaired) electrons. The number of rotatable bonds is 10. The maximum absolute atomic E-state index is 12.8. The second-order valence-corrected chi connectivity index (χ2v) is 7.67. The highest BCUT2D eigenvalue weighted by molar-refractivity contribution is 6.10. The predicted octanol–water partition coefficient (Wildman–Crippen LogP) is 4.97. The van der Waals surface area contributed by atoms with Gasteiger partial charge in [0.05, 0.1) is 19.4 Å². The highest BCUT2D eigenvalue weighted by Gasteiger charge is 2.14. The van der Waals surface area contributed by atoms with Crippen molar-refractivity contribution in [2.24, 2.45) is 0 Å². The molecule has 0 spiro atoms. The molecule has 3 aromatic rings. The fraction of sp³-hybridized carbons (Fsp3) is 0.179. The summed E-state index contributed by atoms with van der Waals surface area (Å²) in [5.41, 5.74) is 2.53. The minimum Gasteiger partial charge on any atom is -0.495 e. The maximum atomic E-state index is 12.8. The summed E-state index contributed by atoms with van der Waals surface area (Å²) in [4.78, 5) is 25.0. The molecule has 0 aliphatic carbocycles. The Kier molecular flexibility index (Phi) is 9.06. The molecule has 3 rings (SSSR count). The fourth-order valence-corrected chi connectivity index (χ4v) is 3.29. The number of anilines is 2. The van der Waals surface area contributed by atoms with Crippen molar-refractivity contribution < 1.29 is 23.8 Å². The zero-order valence-corrected chi connectivity index (χ0v) is 20.3. The first-order valence-electron chi connectivity index (χ1n) is 11.3. The number of nitriles is 1. The minimum absolute atomic E-state index is 0.100. The topological polar surface area (TPSA) is 110 Å².